The van der Waals surface area contributed by atoms with Crippen LogP contribution in [0, 0.1) is 24.1 Å². The van der Waals surface area contributed by atoms with Crippen molar-refractivity contribution in [3.8, 4) is 28.6 Å². The van der Waals surface area contributed by atoms with E-state index in [1.54, 1.807) is 38.2 Å². The van der Waals surface area contributed by atoms with Crippen molar-refractivity contribution in [2.75, 3.05) is 0 Å². The van der Waals surface area contributed by atoms with Crippen molar-refractivity contribution in [2.45, 2.75) is 46.1 Å². The van der Waals surface area contributed by atoms with Crippen LogP contribution in [0.3, 0.4) is 0 Å². The van der Waals surface area contributed by atoms with E-state index >= 15 is 4.39 Å². The first kappa shape index (κ1) is 21.6. The molecule has 0 saturated carbocycles. The third-order valence-electron chi connectivity index (χ3n) is 5.44. The van der Waals surface area contributed by atoms with Crippen molar-refractivity contribution < 1.29 is 9.50 Å². The number of nitrogens with one attached hydrogen (secondary N) is 1. The van der Waals surface area contributed by atoms with Gasteiger partial charge in [0.25, 0.3) is 0 Å². The number of rotatable bonds is 5. The Bertz CT molecular complexity index is 1320. The highest BCUT2D eigenvalue weighted by Gasteiger charge is 2.21. The molecule has 3 aromatic heterocycles. The molecule has 0 fully saturated rings. The Morgan fingerprint density at radius 1 is 1.19 bits per heavy atom. The molecule has 0 radical (unpaired) electrons. The summed E-state index contributed by atoms with van der Waals surface area (Å²) < 4.78 is 15.1. The van der Waals surface area contributed by atoms with Gasteiger partial charge in [0.05, 0.1) is 22.5 Å². The molecule has 162 valence electrons. The third kappa shape index (κ3) is 3.85. The summed E-state index contributed by atoms with van der Waals surface area (Å²) >= 11 is 0. The Labute approximate surface area is 185 Å². The first-order valence-corrected chi connectivity index (χ1v) is 10.5. The number of aryl methyl sites for hydroxylation is 2. The molecule has 0 saturated heterocycles. The third-order valence-corrected chi connectivity index (χ3v) is 5.44. The number of aromatic amines is 1. The Morgan fingerprint density at radius 2 is 1.97 bits per heavy atom. The minimum atomic E-state index is -1.06. The Balaban J connectivity index is 1.88. The van der Waals surface area contributed by atoms with Crippen molar-refractivity contribution in [3.63, 3.8) is 0 Å². The number of nitriles is 1. The van der Waals surface area contributed by atoms with Crippen LogP contribution in [0.15, 0.2) is 36.5 Å². The number of aliphatic hydroxyl groups is 1. The van der Waals surface area contributed by atoms with Gasteiger partial charge in [0.1, 0.15) is 28.7 Å². The zero-order valence-electron chi connectivity index (χ0n) is 18.5. The number of halogens is 1. The summed E-state index contributed by atoms with van der Waals surface area (Å²) in [5.41, 5.74) is 4.36. The van der Waals surface area contributed by atoms with E-state index in [4.69, 9.17) is 0 Å². The van der Waals surface area contributed by atoms with Gasteiger partial charge < -0.3 is 5.11 Å². The molecule has 2 N–H and O–H groups in total. The van der Waals surface area contributed by atoms with E-state index in [-0.39, 0.29) is 5.56 Å². The van der Waals surface area contributed by atoms with Gasteiger partial charge in [-0.1, -0.05) is 19.4 Å². The highest BCUT2D eigenvalue weighted by atomic mass is 19.1. The maximum Gasteiger partial charge on any atom is 0.133 e. The van der Waals surface area contributed by atoms with Crippen molar-refractivity contribution in [3.05, 3.63) is 64.7 Å². The summed E-state index contributed by atoms with van der Waals surface area (Å²) in [6.07, 6.45) is 3.33. The van der Waals surface area contributed by atoms with E-state index in [9.17, 15) is 10.4 Å². The smallest absolute Gasteiger partial charge is 0.133 e. The van der Waals surface area contributed by atoms with Gasteiger partial charge >= 0.3 is 0 Å². The SMILES string of the molecule is CCCc1cc(C)c(-c2nc3c(-c4ccc(C(C)(C)O)nc4)n[nH]c3cc2C#N)c(F)c1. The number of nitrogens with zero attached hydrogens (tertiary/aromatic N) is 4. The quantitative estimate of drug-likeness (QED) is 0.455. The lowest BCUT2D eigenvalue weighted by Gasteiger charge is -2.16. The van der Waals surface area contributed by atoms with Crippen LogP contribution >= 0.6 is 0 Å². The second-order valence-electron chi connectivity index (χ2n) is 8.48. The van der Waals surface area contributed by atoms with Crippen LogP contribution in [0.2, 0.25) is 0 Å². The fourth-order valence-corrected chi connectivity index (χ4v) is 3.87. The highest BCUT2D eigenvalue weighted by Crippen LogP contribution is 2.34. The van der Waals surface area contributed by atoms with Crippen LogP contribution in [0.25, 0.3) is 33.5 Å². The van der Waals surface area contributed by atoms with Gasteiger partial charge in [-0.05, 0) is 62.6 Å². The van der Waals surface area contributed by atoms with Crippen molar-refractivity contribution in [1.82, 2.24) is 20.2 Å². The number of benzene rings is 1. The molecule has 32 heavy (non-hydrogen) atoms. The Kier molecular flexibility index (Phi) is 5.49. The zero-order chi connectivity index (χ0) is 23.0. The molecule has 0 amide bonds. The molecule has 1 aromatic carbocycles. The molecule has 6 nitrogen and oxygen atoms in total. The molecule has 0 aliphatic rings. The lowest BCUT2D eigenvalue weighted by atomic mass is 9.96. The van der Waals surface area contributed by atoms with Gasteiger partial charge in [0.15, 0.2) is 0 Å². The van der Waals surface area contributed by atoms with Crippen molar-refractivity contribution in [2.24, 2.45) is 0 Å². The number of H-pyrrole nitrogens is 1. The fourth-order valence-electron chi connectivity index (χ4n) is 3.87. The van der Waals surface area contributed by atoms with E-state index < -0.39 is 11.4 Å². The summed E-state index contributed by atoms with van der Waals surface area (Å²) in [7, 11) is 0. The predicted molar refractivity (Wildman–Crippen MR) is 121 cm³/mol. The minimum Gasteiger partial charge on any atom is -0.384 e. The predicted octanol–water partition coefficient (Wildman–Crippen LogP) is 5.19. The summed E-state index contributed by atoms with van der Waals surface area (Å²) in [6.45, 7) is 7.21. The van der Waals surface area contributed by atoms with E-state index in [2.05, 4.69) is 26.2 Å². The molecule has 0 bridgehead atoms. The van der Waals surface area contributed by atoms with E-state index in [1.165, 1.54) is 6.07 Å². The number of pyridine rings is 2. The molecule has 4 aromatic rings. The number of fused-ring (bicyclic) bond motifs is 1. The van der Waals surface area contributed by atoms with Crippen LogP contribution in [-0.4, -0.2) is 25.3 Å². The second-order valence-corrected chi connectivity index (χ2v) is 8.48. The van der Waals surface area contributed by atoms with Gasteiger partial charge in [-0.3, -0.25) is 10.1 Å². The fraction of sp³-hybridized carbons (Fsp3) is 0.280. The summed E-state index contributed by atoms with van der Waals surface area (Å²) in [6, 6.07) is 10.8. The van der Waals surface area contributed by atoms with Crippen molar-refractivity contribution >= 4 is 11.0 Å². The number of aromatic nitrogens is 4. The summed E-state index contributed by atoms with van der Waals surface area (Å²) in [5, 5.41) is 27.1. The van der Waals surface area contributed by atoms with Crippen molar-refractivity contribution in [1.29, 1.82) is 5.26 Å². The van der Waals surface area contributed by atoms with Gasteiger partial charge in [-0.25, -0.2) is 9.37 Å². The zero-order valence-corrected chi connectivity index (χ0v) is 18.5. The summed E-state index contributed by atoms with van der Waals surface area (Å²) in [5.74, 6) is -0.391. The molecular weight excluding hydrogens is 405 g/mol. The van der Waals surface area contributed by atoms with Crippen LogP contribution in [0.4, 0.5) is 4.39 Å². The Hall–Kier alpha value is -3.63. The van der Waals surface area contributed by atoms with Crippen LogP contribution in [0.1, 0.15) is 49.6 Å². The molecule has 0 spiro atoms. The average molecular weight is 429 g/mol. The average Bonchev–Trinajstić information content (AvgIpc) is 3.15. The van der Waals surface area contributed by atoms with Crippen LogP contribution < -0.4 is 0 Å². The van der Waals surface area contributed by atoms with Gasteiger partial charge in [0, 0.05) is 17.3 Å². The van der Waals surface area contributed by atoms with Gasteiger partial charge in [-0.15, -0.1) is 0 Å². The minimum absolute atomic E-state index is 0.272. The number of hydrogen-bond donors (Lipinski definition) is 2. The molecule has 0 aliphatic heterocycles. The van der Waals surface area contributed by atoms with Crippen LogP contribution in [0.5, 0.6) is 0 Å². The van der Waals surface area contributed by atoms with E-state index in [0.29, 0.717) is 39.2 Å². The lowest BCUT2D eigenvalue weighted by Crippen LogP contribution is -2.17. The number of hydrogen-bond acceptors (Lipinski definition) is 5. The molecular formula is C25H24FN5O. The Morgan fingerprint density at radius 3 is 2.56 bits per heavy atom. The normalized spacial score (nSPS) is 11.7. The summed E-state index contributed by atoms with van der Waals surface area (Å²) in [4.78, 5) is 9.03. The molecule has 0 atom stereocenters. The molecule has 0 unspecified atom stereocenters. The maximum atomic E-state index is 15.1. The lowest BCUT2D eigenvalue weighted by molar-refractivity contribution is 0.0739. The van der Waals surface area contributed by atoms with E-state index in [0.717, 1.165) is 24.0 Å². The van der Waals surface area contributed by atoms with Gasteiger partial charge in [0.2, 0.25) is 0 Å². The van der Waals surface area contributed by atoms with E-state index in [1.807, 2.05) is 19.9 Å². The van der Waals surface area contributed by atoms with Gasteiger partial charge in [-0.2, -0.15) is 10.4 Å². The topological polar surface area (TPSA) is 98.5 Å². The first-order chi connectivity index (χ1) is 15.2. The highest BCUT2D eigenvalue weighted by molar-refractivity contribution is 5.92. The molecule has 4 rings (SSSR count). The first-order valence-electron chi connectivity index (χ1n) is 10.5. The molecule has 7 heteroatoms. The largest absolute Gasteiger partial charge is 0.384 e. The second kappa shape index (κ2) is 8.13. The maximum absolute atomic E-state index is 15.1. The standard InChI is InChI=1S/C25H24FN5O/c1-5-6-15-9-14(2)21(18(26)10-15)22-17(12-27)11-19-24(29-22)23(31-30-19)16-7-8-20(28-13-16)25(3,4)32/h7-11,13,32H,5-6H2,1-4H3,(H,30,31). The molecule has 0 aliphatic carbocycles. The van der Waals surface area contributed by atoms with Crippen LogP contribution in [-0.2, 0) is 12.0 Å². The monoisotopic (exact) mass is 429 g/mol. The molecule has 3 heterocycles.